The summed E-state index contributed by atoms with van der Waals surface area (Å²) in [4.78, 5) is 22.9. The number of aliphatic carboxylic acids is 1. The average molecular weight is 311 g/mol. The number of amides is 1. The van der Waals surface area contributed by atoms with Gasteiger partial charge in [0.05, 0.1) is 5.41 Å². The van der Waals surface area contributed by atoms with Gasteiger partial charge in [-0.2, -0.15) is 0 Å². The van der Waals surface area contributed by atoms with Gasteiger partial charge in [0.2, 0.25) is 5.91 Å². The molecule has 4 nitrogen and oxygen atoms in total. The molecule has 0 heterocycles. The van der Waals surface area contributed by atoms with Crippen LogP contribution in [0, 0.1) is 5.41 Å². The summed E-state index contributed by atoms with van der Waals surface area (Å²) in [5.74, 6) is -0.752. The lowest BCUT2D eigenvalue weighted by molar-refractivity contribution is -0.154. The van der Waals surface area contributed by atoms with Gasteiger partial charge in [-0.15, -0.1) is 0 Å². The molecular formula is C18H33NO3. The summed E-state index contributed by atoms with van der Waals surface area (Å²) in [6.07, 6.45) is 14.0. The minimum atomic E-state index is -0.762. The number of rotatable bonds is 13. The zero-order valence-electron chi connectivity index (χ0n) is 14.2. The van der Waals surface area contributed by atoms with Crippen LogP contribution in [0.5, 0.6) is 0 Å². The number of carbonyl (C=O) groups is 2. The third-order valence-electron chi connectivity index (χ3n) is 4.90. The third-order valence-corrected chi connectivity index (χ3v) is 4.90. The van der Waals surface area contributed by atoms with E-state index in [0.29, 0.717) is 25.8 Å². The first-order valence-corrected chi connectivity index (χ1v) is 9.11. The Kier molecular flexibility index (Phi) is 9.17. The number of carbonyl (C=O) groups excluding carboxylic acids is 1. The van der Waals surface area contributed by atoms with Gasteiger partial charge >= 0.3 is 5.97 Å². The fourth-order valence-corrected chi connectivity index (χ4v) is 3.02. The Morgan fingerprint density at radius 2 is 1.50 bits per heavy atom. The Balaban J connectivity index is 1.94. The molecule has 0 aliphatic heterocycles. The monoisotopic (exact) mass is 311 g/mol. The van der Waals surface area contributed by atoms with Crippen LogP contribution in [-0.2, 0) is 9.59 Å². The number of hydrogen-bond acceptors (Lipinski definition) is 2. The highest BCUT2D eigenvalue weighted by atomic mass is 16.4. The molecular weight excluding hydrogens is 278 g/mol. The lowest BCUT2D eigenvalue weighted by Crippen LogP contribution is -2.47. The van der Waals surface area contributed by atoms with Gasteiger partial charge < -0.3 is 10.4 Å². The number of carboxylic acid groups (broad SMARTS) is 1. The van der Waals surface area contributed by atoms with E-state index in [9.17, 15) is 14.7 Å². The molecule has 128 valence electrons. The maximum absolute atomic E-state index is 11.8. The Hall–Kier alpha value is -1.06. The van der Waals surface area contributed by atoms with Crippen LogP contribution >= 0.6 is 0 Å². The molecule has 4 heteroatoms. The highest BCUT2D eigenvalue weighted by molar-refractivity contribution is 5.79. The standard InChI is InChI=1S/C18H33NO3/c1-2-3-4-5-6-7-8-9-10-12-16(20)19-15-18(17(21)22)13-11-14-18/h2-15H2,1H3,(H,19,20)(H,21,22). The van der Waals surface area contributed by atoms with Crippen molar-refractivity contribution in [1.82, 2.24) is 5.32 Å². The van der Waals surface area contributed by atoms with Crippen molar-refractivity contribution in [3.05, 3.63) is 0 Å². The fourth-order valence-electron chi connectivity index (χ4n) is 3.02. The third kappa shape index (κ3) is 6.80. The van der Waals surface area contributed by atoms with E-state index in [1.807, 2.05) is 0 Å². The van der Waals surface area contributed by atoms with Crippen LogP contribution in [0.4, 0.5) is 0 Å². The highest BCUT2D eigenvalue weighted by Gasteiger charge is 2.44. The van der Waals surface area contributed by atoms with Gasteiger partial charge in [0, 0.05) is 13.0 Å². The normalized spacial score (nSPS) is 16.0. The van der Waals surface area contributed by atoms with Crippen molar-refractivity contribution in [3.8, 4) is 0 Å². The van der Waals surface area contributed by atoms with E-state index in [1.165, 1.54) is 44.9 Å². The van der Waals surface area contributed by atoms with Gasteiger partial charge in [-0.3, -0.25) is 9.59 Å². The van der Waals surface area contributed by atoms with E-state index < -0.39 is 11.4 Å². The summed E-state index contributed by atoms with van der Waals surface area (Å²) >= 11 is 0. The molecule has 0 unspecified atom stereocenters. The quantitative estimate of drug-likeness (QED) is 0.499. The number of unbranched alkanes of at least 4 members (excludes halogenated alkanes) is 8. The topological polar surface area (TPSA) is 66.4 Å². The minimum absolute atomic E-state index is 0.00970. The molecule has 0 spiro atoms. The SMILES string of the molecule is CCCCCCCCCCCC(=O)NCC1(C(=O)O)CCC1. The predicted molar refractivity (Wildman–Crippen MR) is 88.8 cm³/mol. The van der Waals surface area contributed by atoms with Crippen LogP contribution in [0.3, 0.4) is 0 Å². The zero-order valence-corrected chi connectivity index (χ0v) is 14.2. The van der Waals surface area contributed by atoms with Crippen molar-refractivity contribution in [2.24, 2.45) is 5.41 Å². The lowest BCUT2D eigenvalue weighted by Gasteiger charge is -2.37. The van der Waals surface area contributed by atoms with Gasteiger partial charge in [0.25, 0.3) is 0 Å². The Labute approximate surface area is 135 Å². The number of carboxylic acids is 1. The molecule has 1 fully saturated rings. The van der Waals surface area contributed by atoms with E-state index >= 15 is 0 Å². The van der Waals surface area contributed by atoms with Crippen molar-refractivity contribution in [2.45, 2.75) is 90.4 Å². The second-order valence-corrected chi connectivity index (χ2v) is 6.79. The Morgan fingerprint density at radius 1 is 0.955 bits per heavy atom. The van der Waals surface area contributed by atoms with Crippen molar-refractivity contribution in [1.29, 1.82) is 0 Å². The highest BCUT2D eigenvalue weighted by Crippen LogP contribution is 2.40. The molecule has 1 aliphatic carbocycles. The van der Waals surface area contributed by atoms with E-state index in [2.05, 4.69) is 12.2 Å². The first-order chi connectivity index (χ1) is 10.6. The summed E-state index contributed by atoms with van der Waals surface area (Å²) in [5.41, 5.74) is -0.672. The average Bonchev–Trinajstić information content (AvgIpc) is 2.44. The van der Waals surface area contributed by atoms with Crippen LogP contribution in [0.1, 0.15) is 90.4 Å². The van der Waals surface area contributed by atoms with Crippen LogP contribution in [0.15, 0.2) is 0 Å². The number of nitrogens with one attached hydrogen (secondary N) is 1. The molecule has 0 atom stereocenters. The van der Waals surface area contributed by atoms with Crippen LogP contribution < -0.4 is 5.32 Å². The van der Waals surface area contributed by atoms with Crippen LogP contribution in [-0.4, -0.2) is 23.5 Å². The lowest BCUT2D eigenvalue weighted by atomic mass is 9.69. The molecule has 0 aromatic heterocycles. The second kappa shape index (κ2) is 10.6. The number of hydrogen-bond donors (Lipinski definition) is 2. The second-order valence-electron chi connectivity index (χ2n) is 6.79. The van der Waals surface area contributed by atoms with Gasteiger partial charge in [-0.1, -0.05) is 64.7 Å². The maximum atomic E-state index is 11.8. The fraction of sp³-hybridized carbons (Fsp3) is 0.889. The summed E-state index contributed by atoms with van der Waals surface area (Å²) in [6.45, 7) is 2.53. The smallest absolute Gasteiger partial charge is 0.311 e. The molecule has 0 radical (unpaired) electrons. The van der Waals surface area contributed by atoms with Crippen LogP contribution in [0.2, 0.25) is 0 Å². The van der Waals surface area contributed by atoms with Gasteiger partial charge in [0.1, 0.15) is 0 Å². The van der Waals surface area contributed by atoms with Crippen molar-refractivity contribution in [2.75, 3.05) is 6.54 Å². The van der Waals surface area contributed by atoms with Gasteiger partial charge in [-0.25, -0.2) is 0 Å². The zero-order chi connectivity index (χ0) is 16.3. The molecule has 0 bridgehead atoms. The van der Waals surface area contributed by atoms with Crippen molar-refractivity contribution in [3.63, 3.8) is 0 Å². The molecule has 1 aliphatic rings. The first kappa shape index (κ1) is 19.0. The Morgan fingerprint density at radius 3 is 1.95 bits per heavy atom. The van der Waals surface area contributed by atoms with Gasteiger partial charge in [-0.05, 0) is 19.3 Å². The molecule has 0 saturated heterocycles. The van der Waals surface area contributed by atoms with E-state index in [0.717, 1.165) is 19.3 Å². The summed E-state index contributed by atoms with van der Waals surface area (Å²) in [6, 6.07) is 0. The molecule has 1 amide bonds. The van der Waals surface area contributed by atoms with E-state index in [4.69, 9.17) is 0 Å². The molecule has 0 aromatic carbocycles. The van der Waals surface area contributed by atoms with Crippen LogP contribution in [0.25, 0.3) is 0 Å². The predicted octanol–water partition coefficient (Wildman–Crippen LogP) is 4.28. The van der Waals surface area contributed by atoms with Crippen molar-refractivity contribution >= 4 is 11.9 Å². The molecule has 22 heavy (non-hydrogen) atoms. The van der Waals surface area contributed by atoms with Crippen molar-refractivity contribution < 1.29 is 14.7 Å². The molecule has 0 aromatic rings. The van der Waals surface area contributed by atoms with E-state index in [-0.39, 0.29) is 5.91 Å². The molecule has 1 saturated carbocycles. The molecule has 2 N–H and O–H groups in total. The first-order valence-electron chi connectivity index (χ1n) is 9.11. The summed E-state index contributed by atoms with van der Waals surface area (Å²) in [7, 11) is 0. The largest absolute Gasteiger partial charge is 0.481 e. The van der Waals surface area contributed by atoms with Gasteiger partial charge in [0.15, 0.2) is 0 Å². The maximum Gasteiger partial charge on any atom is 0.311 e. The summed E-state index contributed by atoms with van der Waals surface area (Å²) in [5, 5.41) is 12.0. The Bertz CT molecular complexity index is 337. The molecule has 1 rings (SSSR count). The van der Waals surface area contributed by atoms with E-state index in [1.54, 1.807) is 0 Å². The minimum Gasteiger partial charge on any atom is -0.481 e. The summed E-state index contributed by atoms with van der Waals surface area (Å²) < 4.78 is 0.